The number of fused-ring (bicyclic) bond motifs is 1. The van der Waals surface area contributed by atoms with Crippen molar-refractivity contribution in [3.63, 3.8) is 0 Å². The van der Waals surface area contributed by atoms with Crippen molar-refractivity contribution < 1.29 is 23.9 Å². The lowest BCUT2D eigenvalue weighted by atomic mass is 10.00. The zero-order valence-electron chi connectivity index (χ0n) is 19.7. The Balaban J connectivity index is 1.41. The van der Waals surface area contributed by atoms with Crippen molar-refractivity contribution in [3.05, 3.63) is 29.3 Å². The zero-order chi connectivity index (χ0) is 23.9. The number of ether oxygens (including phenoxy) is 1. The van der Waals surface area contributed by atoms with Gasteiger partial charge in [-0.2, -0.15) is 0 Å². The van der Waals surface area contributed by atoms with Gasteiger partial charge in [0.1, 0.15) is 11.6 Å². The van der Waals surface area contributed by atoms with E-state index in [2.05, 4.69) is 10.2 Å². The van der Waals surface area contributed by atoms with E-state index in [-0.39, 0.29) is 30.2 Å². The van der Waals surface area contributed by atoms with Crippen LogP contribution in [0.15, 0.2) is 18.2 Å². The molecule has 2 unspecified atom stereocenters. The fraction of sp³-hybridized carbons (Fsp3) is 0.583. The number of hydrogen-bond donors (Lipinski definition) is 1. The van der Waals surface area contributed by atoms with Crippen LogP contribution in [0.5, 0.6) is 0 Å². The Bertz CT molecular complexity index is 978. The maximum Gasteiger partial charge on any atom is 0.410 e. The van der Waals surface area contributed by atoms with Crippen LogP contribution >= 0.6 is 0 Å². The standard InChI is InChI=1S/C24H32N4O5/c1-15-17-13-16(14-26-9-11-27(12-10-26)23(32)33-24(2,3)4)5-6-18(17)28(22(15)31)19-7-8-20(29)25-21(19)30/h5-6,13,15,19H,7-12,14H2,1-4H3,(H,25,29,30). The van der Waals surface area contributed by atoms with E-state index in [1.54, 1.807) is 9.80 Å². The summed E-state index contributed by atoms with van der Waals surface area (Å²) in [6.45, 7) is 10.9. The first-order chi connectivity index (χ1) is 15.5. The van der Waals surface area contributed by atoms with Gasteiger partial charge in [0.15, 0.2) is 0 Å². The molecule has 1 aromatic rings. The first-order valence-electron chi connectivity index (χ1n) is 11.5. The molecule has 2 fully saturated rings. The number of imide groups is 1. The summed E-state index contributed by atoms with van der Waals surface area (Å²) < 4.78 is 5.46. The van der Waals surface area contributed by atoms with Gasteiger partial charge in [0.25, 0.3) is 0 Å². The average Bonchev–Trinajstić information content (AvgIpc) is 2.98. The Morgan fingerprint density at radius 2 is 1.82 bits per heavy atom. The van der Waals surface area contributed by atoms with Crippen molar-refractivity contribution in [2.24, 2.45) is 0 Å². The monoisotopic (exact) mass is 456 g/mol. The zero-order valence-corrected chi connectivity index (χ0v) is 19.7. The SMILES string of the molecule is CC1C(=O)N(C2CCC(=O)NC2=O)c2ccc(CN3CCN(C(=O)OC(C)(C)C)CC3)cc21. The predicted octanol–water partition coefficient (Wildman–Crippen LogP) is 1.99. The van der Waals surface area contributed by atoms with Crippen molar-refractivity contribution in [3.8, 4) is 0 Å². The van der Waals surface area contributed by atoms with Gasteiger partial charge < -0.3 is 9.64 Å². The van der Waals surface area contributed by atoms with Crippen molar-refractivity contribution in [2.45, 2.75) is 64.6 Å². The van der Waals surface area contributed by atoms with Crippen molar-refractivity contribution in [1.82, 2.24) is 15.1 Å². The molecular formula is C24H32N4O5. The summed E-state index contributed by atoms with van der Waals surface area (Å²) in [6.07, 6.45) is 0.296. The van der Waals surface area contributed by atoms with Gasteiger partial charge in [-0.25, -0.2) is 4.79 Å². The molecule has 3 aliphatic rings. The van der Waals surface area contributed by atoms with Crippen LogP contribution in [0, 0.1) is 0 Å². The van der Waals surface area contributed by atoms with Gasteiger partial charge in [-0.1, -0.05) is 12.1 Å². The van der Waals surface area contributed by atoms with Gasteiger partial charge in [0, 0.05) is 44.8 Å². The fourth-order valence-electron chi connectivity index (χ4n) is 4.65. The predicted molar refractivity (Wildman–Crippen MR) is 122 cm³/mol. The highest BCUT2D eigenvalue weighted by Crippen LogP contribution is 2.40. The number of carbonyl (C=O) groups is 4. The Kier molecular flexibility index (Phi) is 6.18. The van der Waals surface area contributed by atoms with Crippen LogP contribution in [-0.2, 0) is 25.7 Å². The van der Waals surface area contributed by atoms with Gasteiger partial charge in [-0.05, 0) is 51.3 Å². The van der Waals surface area contributed by atoms with Gasteiger partial charge in [-0.15, -0.1) is 0 Å². The van der Waals surface area contributed by atoms with Gasteiger partial charge in [-0.3, -0.25) is 29.5 Å². The topological polar surface area (TPSA) is 99.3 Å². The van der Waals surface area contributed by atoms with E-state index < -0.39 is 17.6 Å². The molecule has 0 spiro atoms. The lowest BCUT2D eigenvalue weighted by Crippen LogP contribution is -2.53. The summed E-state index contributed by atoms with van der Waals surface area (Å²) in [7, 11) is 0. The number of piperazine rings is 1. The molecule has 9 nitrogen and oxygen atoms in total. The third kappa shape index (κ3) is 4.88. The molecule has 0 aliphatic carbocycles. The van der Waals surface area contributed by atoms with Gasteiger partial charge >= 0.3 is 6.09 Å². The number of amides is 4. The first kappa shape index (κ1) is 23.2. The Morgan fingerprint density at radius 3 is 2.45 bits per heavy atom. The Labute approximate surface area is 194 Å². The number of nitrogens with one attached hydrogen (secondary N) is 1. The largest absolute Gasteiger partial charge is 0.444 e. The van der Waals surface area contributed by atoms with E-state index >= 15 is 0 Å². The number of nitrogens with zero attached hydrogens (tertiary/aromatic N) is 3. The number of piperidine rings is 1. The number of rotatable bonds is 3. The summed E-state index contributed by atoms with van der Waals surface area (Å²) in [5.74, 6) is -1.15. The van der Waals surface area contributed by atoms with E-state index in [9.17, 15) is 19.2 Å². The van der Waals surface area contributed by atoms with Crippen LogP contribution in [0.1, 0.15) is 57.6 Å². The normalized spacial score (nSPS) is 24.1. The van der Waals surface area contributed by atoms with Crippen LogP contribution in [0.4, 0.5) is 10.5 Å². The Morgan fingerprint density at radius 1 is 1.12 bits per heavy atom. The van der Waals surface area contributed by atoms with E-state index in [0.717, 1.165) is 36.4 Å². The molecule has 1 N–H and O–H groups in total. The summed E-state index contributed by atoms with van der Waals surface area (Å²) in [6, 6.07) is 5.30. The first-order valence-corrected chi connectivity index (χ1v) is 11.5. The molecule has 0 bridgehead atoms. The number of carbonyl (C=O) groups excluding carboxylic acids is 4. The fourth-order valence-corrected chi connectivity index (χ4v) is 4.65. The summed E-state index contributed by atoms with van der Waals surface area (Å²) in [5, 5.41) is 2.35. The number of anilines is 1. The summed E-state index contributed by atoms with van der Waals surface area (Å²) >= 11 is 0. The summed E-state index contributed by atoms with van der Waals surface area (Å²) in [4.78, 5) is 54.7. The Hall–Kier alpha value is -2.94. The van der Waals surface area contributed by atoms with E-state index in [1.807, 2.05) is 45.9 Å². The number of benzene rings is 1. The molecule has 2 saturated heterocycles. The highest BCUT2D eigenvalue weighted by molar-refractivity contribution is 6.11. The maximum atomic E-state index is 13.0. The molecule has 2 atom stereocenters. The molecule has 4 amide bonds. The van der Waals surface area contributed by atoms with Crippen molar-refractivity contribution in [2.75, 3.05) is 31.1 Å². The molecule has 0 radical (unpaired) electrons. The molecule has 0 saturated carbocycles. The molecule has 3 aliphatic heterocycles. The highest BCUT2D eigenvalue weighted by atomic mass is 16.6. The van der Waals surface area contributed by atoms with Crippen LogP contribution in [0.25, 0.3) is 0 Å². The molecular weight excluding hydrogens is 424 g/mol. The molecule has 0 aromatic heterocycles. The minimum atomic E-state index is -0.648. The van der Waals surface area contributed by atoms with Gasteiger partial charge in [0.05, 0.1) is 5.92 Å². The third-order valence-electron chi connectivity index (χ3n) is 6.38. The minimum Gasteiger partial charge on any atom is -0.444 e. The van der Waals surface area contributed by atoms with Crippen LogP contribution in [-0.4, -0.2) is 71.4 Å². The van der Waals surface area contributed by atoms with Crippen LogP contribution in [0.2, 0.25) is 0 Å². The number of hydrogen-bond acceptors (Lipinski definition) is 6. The molecule has 178 valence electrons. The minimum absolute atomic E-state index is 0.109. The van der Waals surface area contributed by atoms with Crippen LogP contribution < -0.4 is 10.2 Å². The second-order valence-electron chi connectivity index (χ2n) is 10.0. The van der Waals surface area contributed by atoms with Crippen LogP contribution in [0.3, 0.4) is 0 Å². The van der Waals surface area contributed by atoms with Crippen molar-refractivity contribution in [1.29, 1.82) is 0 Å². The van der Waals surface area contributed by atoms with E-state index in [1.165, 1.54) is 0 Å². The second kappa shape index (κ2) is 8.78. The van der Waals surface area contributed by atoms with E-state index in [4.69, 9.17) is 4.74 Å². The van der Waals surface area contributed by atoms with Crippen molar-refractivity contribution >= 4 is 29.5 Å². The average molecular weight is 457 g/mol. The quantitative estimate of drug-likeness (QED) is 0.699. The molecule has 9 heteroatoms. The van der Waals surface area contributed by atoms with Gasteiger partial charge in [0.2, 0.25) is 17.7 Å². The lowest BCUT2D eigenvalue weighted by molar-refractivity contribution is -0.135. The highest BCUT2D eigenvalue weighted by Gasteiger charge is 2.43. The molecule has 33 heavy (non-hydrogen) atoms. The second-order valence-corrected chi connectivity index (χ2v) is 10.0. The van der Waals surface area contributed by atoms with E-state index in [0.29, 0.717) is 19.5 Å². The molecule has 4 rings (SSSR count). The maximum absolute atomic E-state index is 13.0. The molecule has 3 heterocycles. The molecule has 1 aromatic carbocycles. The lowest BCUT2D eigenvalue weighted by Gasteiger charge is -2.35. The smallest absolute Gasteiger partial charge is 0.410 e. The third-order valence-corrected chi connectivity index (χ3v) is 6.38. The summed E-state index contributed by atoms with van der Waals surface area (Å²) in [5.41, 5.74) is 2.24.